The van der Waals surface area contributed by atoms with Gasteiger partial charge in [-0.15, -0.1) is 0 Å². The van der Waals surface area contributed by atoms with Crippen LogP contribution in [0.1, 0.15) is 12.5 Å². The van der Waals surface area contributed by atoms with Crippen molar-refractivity contribution in [3.63, 3.8) is 0 Å². The summed E-state index contributed by atoms with van der Waals surface area (Å²) in [5.41, 5.74) is 1.95. The number of amides is 1. The van der Waals surface area contributed by atoms with Crippen LogP contribution in [0.3, 0.4) is 0 Å². The van der Waals surface area contributed by atoms with Gasteiger partial charge in [0, 0.05) is 37.4 Å². The van der Waals surface area contributed by atoms with Crippen molar-refractivity contribution in [3.05, 3.63) is 57.1 Å². The molecule has 7 nitrogen and oxygen atoms in total. The predicted octanol–water partition coefficient (Wildman–Crippen LogP) is 4.01. The van der Waals surface area contributed by atoms with Gasteiger partial charge >= 0.3 is 0 Å². The minimum Gasteiger partial charge on any atom is -0.492 e. The Balaban J connectivity index is 1.91. The van der Waals surface area contributed by atoms with Gasteiger partial charge < -0.3 is 15.4 Å². The standard InChI is InChI=1S/C17H18ClN3O4/c1-11-8-14(21(23)24)10-16(18)17(11)19-6-7-25-15-5-3-4-13(9-15)20-12(2)22/h3-5,8-10,19H,6-7H2,1-2H3,(H,20,22). The third kappa shape index (κ3) is 5.36. The van der Waals surface area contributed by atoms with Gasteiger partial charge in [0.2, 0.25) is 5.91 Å². The quantitative estimate of drug-likeness (QED) is 0.440. The van der Waals surface area contributed by atoms with Crippen molar-refractivity contribution in [1.82, 2.24) is 0 Å². The molecule has 0 fully saturated rings. The van der Waals surface area contributed by atoms with Gasteiger partial charge in [-0.2, -0.15) is 0 Å². The number of benzene rings is 2. The Bertz CT molecular complexity index is 772. The number of ether oxygens (including phenoxy) is 1. The Labute approximate surface area is 150 Å². The Kier molecular flexibility index (Phi) is 6.19. The molecule has 0 heterocycles. The lowest BCUT2D eigenvalue weighted by atomic mass is 10.2. The number of rotatable bonds is 7. The molecular formula is C17H18ClN3O4. The van der Waals surface area contributed by atoms with E-state index in [1.165, 1.54) is 19.1 Å². The van der Waals surface area contributed by atoms with Gasteiger partial charge in [0.05, 0.1) is 15.6 Å². The first-order chi connectivity index (χ1) is 11.9. The molecule has 0 saturated carbocycles. The topological polar surface area (TPSA) is 93.5 Å². The molecule has 25 heavy (non-hydrogen) atoms. The van der Waals surface area contributed by atoms with Crippen LogP contribution < -0.4 is 15.4 Å². The molecule has 0 unspecified atom stereocenters. The fourth-order valence-electron chi connectivity index (χ4n) is 2.27. The van der Waals surface area contributed by atoms with E-state index >= 15 is 0 Å². The van der Waals surface area contributed by atoms with Crippen LogP contribution in [0.2, 0.25) is 5.02 Å². The van der Waals surface area contributed by atoms with E-state index in [0.29, 0.717) is 40.9 Å². The van der Waals surface area contributed by atoms with Gasteiger partial charge in [0.25, 0.3) is 5.69 Å². The van der Waals surface area contributed by atoms with E-state index in [-0.39, 0.29) is 11.6 Å². The Hall–Kier alpha value is -2.80. The molecule has 0 aliphatic rings. The minimum atomic E-state index is -0.478. The van der Waals surface area contributed by atoms with E-state index in [0.717, 1.165) is 0 Å². The summed E-state index contributed by atoms with van der Waals surface area (Å²) in [5, 5.41) is 16.9. The highest BCUT2D eigenvalue weighted by Crippen LogP contribution is 2.30. The summed E-state index contributed by atoms with van der Waals surface area (Å²) in [6, 6.07) is 9.85. The average molecular weight is 364 g/mol. The van der Waals surface area contributed by atoms with Gasteiger partial charge in [-0.1, -0.05) is 17.7 Å². The maximum absolute atomic E-state index is 11.1. The Morgan fingerprint density at radius 1 is 1.32 bits per heavy atom. The van der Waals surface area contributed by atoms with Crippen molar-refractivity contribution in [1.29, 1.82) is 0 Å². The highest BCUT2D eigenvalue weighted by Gasteiger charge is 2.12. The van der Waals surface area contributed by atoms with E-state index in [2.05, 4.69) is 10.6 Å². The highest BCUT2D eigenvalue weighted by atomic mass is 35.5. The van der Waals surface area contributed by atoms with E-state index in [4.69, 9.17) is 16.3 Å². The molecule has 8 heteroatoms. The molecule has 0 aliphatic carbocycles. The number of nitro groups is 1. The fraction of sp³-hybridized carbons (Fsp3) is 0.235. The lowest BCUT2D eigenvalue weighted by Gasteiger charge is -2.13. The number of nitrogens with zero attached hydrogens (tertiary/aromatic N) is 1. The molecule has 0 bridgehead atoms. The predicted molar refractivity (Wildman–Crippen MR) is 97.6 cm³/mol. The monoisotopic (exact) mass is 363 g/mol. The van der Waals surface area contributed by atoms with Crippen LogP contribution in [-0.4, -0.2) is 24.0 Å². The number of hydrogen-bond acceptors (Lipinski definition) is 5. The number of hydrogen-bond donors (Lipinski definition) is 2. The van der Waals surface area contributed by atoms with Gasteiger partial charge in [-0.05, 0) is 24.6 Å². The molecule has 0 saturated heterocycles. The van der Waals surface area contributed by atoms with Crippen LogP contribution >= 0.6 is 11.6 Å². The van der Waals surface area contributed by atoms with Gasteiger partial charge in [0.1, 0.15) is 12.4 Å². The number of anilines is 2. The number of nitrogens with one attached hydrogen (secondary N) is 2. The number of nitro benzene ring substituents is 1. The van der Waals surface area contributed by atoms with Crippen LogP contribution in [0.25, 0.3) is 0 Å². The van der Waals surface area contributed by atoms with Crippen LogP contribution in [0.4, 0.5) is 17.1 Å². The lowest BCUT2D eigenvalue weighted by Crippen LogP contribution is -2.13. The molecule has 0 spiro atoms. The van der Waals surface area contributed by atoms with E-state index in [1.54, 1.807) is 31.2 Å². The van der Waals surface area contributed by atoms with Gasteiger partial charge in [-0.25, -0.2) is 0 Å². The molecule has 0 aromatic heterocycles. The average Bonchev–Trinajstić information content (AvgIpc) is 2.52. The highest BCUT2D eigenvalue weighted by molar-refractivity contribution is 6.33. The zero-order chi connectivity index (χ0) is 18.4. The summed E-state index contributed by atoms with van der Waals surface area (Å²) >= 11 is 6.10. The normalized spacial score (nSPS) is 10.2. The maximum atomic E-state index is 11.1. The van der Waals surface area contributed by atoms with Crippen LogP contribution in [0, 0.1) is 17.0 Å². The molecular weight excluding hydrogens is 346 g/mol. The number of non-ortho nitro benzene ring substituents is 1. The minimum absolute atomic E-state index is 0.0425. The summed E-state index contributed by atoms with van der Waals surface area (Å²) in [6.45, 7) is 4.01. The summed E-state index contributed by atoms with van der Waals surface area (Å²) in [6.07, 6.45) is 0. The van der Waals surface area contributed by atoms with Crippen molar-refractivity contribution in [2.45, 2.75) is 13.8 Å². The van der Waals surface area contributed by atoms with Gasteiger partial charge in [-0.3, -0.25) is 14.9 Å². The second-order valence-corrected chi connectivity index (χ2v) is 5.77. The molecule has 2 N–H and O–H groups in total. The maximum Gasteiger partial charge on any atom is 0.271 e. The Morgan fingerprint density at radius 3 is 2.72 bits per heavy atom. The van der Waals surface area contributed by atoms with Crippen LogP contribution in [-0.2, 0) is 4.79 Å². The molecule has 0 aliphatic heterocycles. The van der Waals surface area contributed by atoms with Gasteiger partial charge in [0.15, 0.2) is 0 Å². The summed E-state index contributed by atoms with van der Waals surface area (Å²) in [5.74, 6) is 0.474. The second-order valence-electron chi connectivity index (χ2n) is 5.36. The number of halogens is 1. The number of aryl methyl sites for hydroxylation is 1. The first-order valence-corrected chi connectivity index (χ1v) is 7.93. The van der Waals surface area contributed by atoms with E-state index in [9.17, 15) is 14.9 Å². The number of carbonyl (C=O) groups excluding carboxylic acids is 1. The van der Waals surface area contributed by atoms with Crippen molar-refractivity contribution in [2.75, 3.05) is 23.8 Å². The van der Waals surface area contributed by atoms with Crippen molar-refractivity contribution < 1.29 is 14.5 Å². The largest absolute Gasteiger partial charge is 0.492 e. The zero-order valence-electron chi connectivity index (χ0n) is 13.8. The fourth-order valence-corrected chi connectivity index (χ4v) is 2.59. The van der Waals surface area contributed by atoms with E-state index in [1.807, 2.05) is 0 Å². The van der Waals surface area contributed by atoms with Crippen LogP contribution in [0.5, 0.6) is 5.75 Å². The summed E-state index contributed by atoms with van der Waals surface area (Å²) in [7, 11) is 0. The SMILES string of the molecule is CC(=O)Nc1cccc(OCCNc2c(C)cc([N+](=O)[O-])cc2Cl)c1. The third-order valence-electron chi connectivity index (χ3n) is 3.31. The third-order valence-corrected chi connectivity index (χ3v) is 3.61. The molecule has 0 atom stereocenters. The lowest BCUT2D eigenvalue weighted by molar-refractivity contribution is -0.384. The first-order valence-electron chi connectivity index (χ1n) is 7.55. The zero-order valence-corrected chi connectivity index (χ0v) is 14.6. The second kappa shape index (κ2) is 8.34. The molecule has 0 radical (unpaired) electrons. The first kappa shape index (κ1) is 18.5. The van der Waals surface area contributed by atoms with Crippen LogP contribution in [0.15, 0.2) is 36.4 Å². The van der Waals surface area contributed by atoms with E-state index < -0.39 is 4.92 Å². The molecule has 1 amide bonds. The smallest absolute Gasteiger partial charge is 0.271 e. The molecule has 2 aromatic carbocycles. The summed E-state index contributed by atoms with van der Waals surface area (Å²) in [4.78, 5) is 21.4. The summed E-state index contributed by atoms with van der Waals surface area (Å²) < 4.78 is 5.63. The van der Waals surface area contributed by atoms with Crippen molar-refractivity contribution in [3.8, 4) is 5.75 Å². The molecule has 2 aromatic rings. The van der Waals surface area contributed by atoms with Crippen molar-refractivity contribution in [2.24, 2.45) is 0 Å². The van der Waals surface area contributed by atoms with Crippen molar-refractivity contribution >= 4 is 34.6 Å². The molecule has 2 rings (SSSR count). The molecule has 132 valence electrons. The Morgan fingerprint density at radius 2 is 2.08 bits per heavy atom. The number of carbonyl (C=O) groups is 1.